The lowest BCUT2D eigenvalue weighted by Gasteiger charge is -2.35. The fourth-order valence-corrected chi connectivity index (χ4v) is 4.49. The van der Waals surface area contributed by atoms with Crippen LogP contribution in [0.5, 0.6) is 0 Å². The van der Waals surface area contributed by atoms with Gasteiger partial charge in [0.2, 0.25) is 11.8 Å². The molecule has 3 saturated heterocycles. The zero-order chi connectivity index (χ0) is 19.8. The number of fused-ring (bicyclic) bond motifs is 2. The molecule has 3 aliphatic heterocycles. The second-order valence-electron chi connectivity index (χ2n) is 7.66. The fraction of sp³-hybridized carbons (Fsp3) is 0.579. The highest BCUT2D eigenvalue weighted by Gasteiger charge is 2.52. The van der Waals surface area contributed by atoms with Crippen LogP contribution < -0.4 is 0 Å². The summed E-state index contributed by atoms with van der Waals surface area (Å²) in [6.45, 7) is 3.16. The Morgan fingerprint density at radius 1 is 1.36 bits per heavy atom. The summed E-state index contributed by atoms with van der Waals surface area (Å²) in [6, 6.07) is 1.24. The molecule has 9 heteroatoms. The van der Waals surface area contributed by atoms with Crippen LogP contribution in [-0.2, 0) is 9.59 Å². The molecule has 1 aromatic heterocycles. The normalized spacial score (nSPS) is 27.2. The summed E-state index contributed by atoms with van der Waals surface area (Å²) in [5.74, 6) is -0.855. The minimum atomic E-state index is -0.500. The summed E-state index contributed by atoms with van der Waals surface area (Å²) >= 11 is 0. The van der Waals surface area contributed by atoms with Crippen molar-refractivity contribution < 1.29 is 14.4 Å². The van der Waals surface area contributed by atoms with E-state index in [1.807, 2.05) is 0 Å². The number of aromatic nitrogens is 2. The van der Waals surface area contributed by atoms with Gasteiger partial charge in [0.25, 0.3) is 5.91 Å². The minimum Gasteiger partial charge on any atom is -0.335 e. The largest absolute Gasteiger partial charge is 0.335 e. The summed E-state index contributed by atoms with van der Waals surface area (Å²) < 4.78 is 0. The molecule has 4 rings (SSSR count). The number of carbonyl (C=O) groups is 3. The molecule has 9 nitrogen and oxygen atoms in total. The lowest BCUT2D eigenvalue weighted by atomic mass is 10.1. The first-order valence-electron chi connectivity index (χ1n) is 9.58. The average Bonchev–Trinajstić information content (AvgIpc) is 3.43. The van der Waals surface area contributed by atoms with Crippen molar-refractivity contribution in [2.45, 2.75) is 44.3 Å². The van der Waals surface area contributed by atoms with Crippen LogP contribution in [0.3, 0.4) is 0 Å². The van der Waals surface area contributed by atoms with E-state index >= 15 is 0 Å². The van der Waals surface area contributed by atoms with E-state index in [1.165, 1.54) is 18.6 Å². The zero-order valence-corrected chi connectivity index (χ0v) is 15.7. The zero-order valence-electron chi connectivity index (χ0n) is 15.7. The molecule has 0 aliphatic carbocycles. The van der Waals surface area contributed by atoms with Crippen LogP contribution in [0, 0.1) is 17.2 Å². The van der Waals surface area contributed by atoms with E-state index in [0.717, 1.165) is 6.42 Å². The molecule has 4 atom stereocenters. The molecular weight excluding hydrogens is 360 g/mol. The molecule has 0 N–H and O–H groups in total. The van der Waals surface area contributed by atoms with Gasteiger partial charge >= 0.3 is 0 Å². The van der Waals surface area contributed by atoms with E-state index in [9.17, 15) is 19.6 Å². The number of carbonyl (C=O) groups excluding carboxylic acids is 3. The van der Waals surface area contributed by atoms with Gasteiger partial charge in [0.05, 0.1) is 24.2 Å². The second kappa shape index (κ2) is 7.19. The van der Waals surface area contributed by atoms with Crippen molar-refractivity contribution in [2.24, 2.45) is 5.92 Å². The summed E-state index contributed by atoms with van der Waals surface area (Å²) in [6.07, 6.45) is 6.48. The van der Waals surface area contributed by atoms with Gasteiger partial charge < -0.3 is 14.7 Å². The van der Waals surface area contributed by atoms with Crippen molar-refractivity contribution >= 4 is 17.7 Å². The van der Waals surface area contributed by atoms with Crippen molar-refractivity contribution in [1.29, 1.82) is 5.26 Å². The molecule has 3 aliphatic rings. The van der Waals surface area contributed by atoms with Crippen LogP contribution in [0.15, 0.2) is 18.6 Å². The number of likely N-dealkylation sites (tertiary alicyclic amines) is 3. The van der Waals surface area contributed by atoms with Gasteiger partial charge in [0.1, 0.15) is 17.8 Å². The van der Waals surface area contributed by atoms with Gasteiger partial charge in [-0.15, -0.1) is 0 Å². The molecule has 3 fully saturated rings. The second-order valence-corrected chi connectivity index (χ2v) is 7.66. The van der Waals surface area contributed by atoms with Crippen LogP contribution in [0.25, 0.3) is 0 Å². The molecule has 0 unspecified atom stereocenters. The Morgan fingerprint density at radius 3 is 2.86 bits per heavy atom. The van der Waals surface area contributed by atoms with Crippen LogP contribution >= 0.6 is 0 Å². The maximum absolute atomic E-state index is 12.8. The lowest BCUT2D eigenvalue weighted by molar-refractivity contribution is -0.140. The van der Waals surface area contributed by atoms with Crippen LogP contribution in [-0.4, -0.2) is 80.1 Å². The third-order valence-corrected chi connectivity index (χ3v) is 5.91. The summed E-state index contributed by atoms with van der Waals surface area (Å²) in [5.41, 5.74) is 0.231. The van der Waals surface area contributed by atoms with Crippen LogP contribution in [0.1, 0.15) is 36.7 Å². The average molecular weight is 382 g/mol. The first-order valence-corrected chi connectivity index (χ1v) is 9.58. The molecule has 0 aromatic carbocycles. The Kier molecular flexibility index (Phi) is 4.71. The summed E-state index contributed by atoms with van der Waals surface area (Å²) in [5, 5.41) is 9.20. The molecule has 28 heavy (non-hydrogen) atoms. The van der Waals surface area contributed by atoms with Crippen LogP contribution in [0.2, 0.25) is 0 Å². The topological polar surface area (TPSA) is 110 Å². The Hall–Kier alpha value is -3.02. The van der Waals surface area contributed by atoms with Gasteiger partial charge in [0, 0.05) is 32.0 Å². The van der Waals surface area contributed by atoms with E-state index in [0.29, 0.717) is 32.5 Å². The molecule has 146 valence electrons. The van der Waals surface area contributed by atoms with E-state index in [2.05, 4.69) is 16.0 Å². The van der Waals surface area contributed by atoms with Crippen LogP contribution in [0.4, 0.5) is 0 Å². The van der Waals surface area contributed by atoms with Gasteiger partial charge in [-0.3, -0.25) is 19.4 Å². The maximum Gasteiger partial charge on any atom is 0.274 e. The maximum atomic E-state index is 12.8. The van der Waals surface area contributed by atoms with Crippen molar-refractivity contribution in [2.75, 3.05) is 19.6 Å². The lowest BCUT2D eigenvalue weighted by Crippen LogP contribution is -2.54. The Morgan fingerprint density at radius 2 is 2.18 bits per heavy atom. The first-order chi connectivity index (χ1) is 13.5. The fourth-order valence-electron chi connectivity index (χ4n) is 4.49. The van der Waals surface area contributed by atoms with Gasteiger partial charge in [-0.05, 0) is 19.3 Å². The van der Waals surface area contributed by atoms with Gasteiger partial charge in [-0.1, -0.05) is 6.92 Å². The van der Waals surface area contributed by atoms with E-state index in [1.54, 1.807) is 21.6 Å². The van der Waals surface area contributed by atoms with Gasteiger partial charge in [-0.2, -0.15) is 5.26 Å². The predicted molar refractivity (Wildman–Crippen MR) is 96.5 cm³/mol. The van der Waals surface area contributed by atoms with Crippen molar-refractivity contribution in [3.8, 4) is 6.07 Å². The SMILES string of the molecule is C[C@@H](CN1C(=O)[C@H]2C[C@@H]1CN2C(=O)c1cnccn1)C(=O)N1CCC[C@H]1C#N. The molecule has 3 amide bonds. The Labute approximate surface area is 162 Å². The van der Waals surface area contributed by atoms with E-state index < -0.39 is 6.04 Å². The van der Waals surface area contributed by atoms with Gasteiger partial charge in [-0.25, -0.2) is 4.98 Å². The molecule has 2 bridgehead atoms. The predicted octanol–water partition coefficient (Wildman–Crippen LogP) is 0.0526. The van der Waals surface area contributed by atoms with E-state index in [4.69, 9.17) is 0 Å². The third-order valence-electron chi connectivity index (χ3n) is 5.91. The smallest absolute Gasteiger partial charge is 0.274 e. The number of rotatable bonds is 4. The van der Waals surface area contributed by atoms with E-state index in [-0.39, 0.29) is 41.4 Å². The Balaban J connectivity index is 1.40. The van der Waals surface area contributed by atoms with Crippen molar-refractivity contribution in [1.82, 2.24) is 24.7 Å². The van der Waals surface area contributed by atoms with Crippen molar-refractivity contribution in [3.63, 3.8) is 0 Å². The monoisotopic (exact) mass is 382 g/mol. The molecule has 0 spiro atoms. The number of hydrogen-bond acceptors (Lipinski definition) is 6. The number of nitriles is 1. The quantitative estimate of drug-likeness (QED) is 0.728. The minimum absolute atomic E-state index is 0.0767. The highest BCUT2D eigenvalue weighted by molar-refractivity contribution is 5.98. The molecule has 0 saturated carbocycles. The third kappa shape index (κ3) is 2.99. The van der Waals surface area contributed by atoms with Gasteiger partial charge in [0.15, 0.2) is 0 Å². The number of nitrogens with zero attached hydrogens (tertiary/aromatic N) is 6. The number of piperazine rings is 1. The first kappa shape index (κ1) is 18.3. The molecule has 1 aromatic rings. The molecule has 4 heterocycles. The highest BCUT2D eigenvalue weighted by Crippen LogP contribution is 2.33. The Bertz CT molecular complexity index is 838. The summed E-state index contributed by atoms with van der Waals surface area (Å²) in [4.78, 5) is 51.0. The number of amides is 3. The molecule has 0 radical (unpaired) electrons. The molecular formula is C19H22N6O3. The van der Waals surface area contributed by atoms with Crippen molar-refractivity contribution in [3.05, 3.63) is 24.3 Å². The summed E-state index contributed by atoms with van der Waals surface area (Å²) in [7, 11) is 0. The highest BCUT2D eigenvalue weighted by atomic mass is 16.2. The standard InChI is InChI=1S/C19H22N6O3/c1-12(17(26)23-6-2-3-13(23)8-20)10-24-14-7-16(19(24)28)25(11-14)18(27)15-9-21-4-5-22-15/h4-5,9,12-14,16H,2-3,6-7,10-11H2,1H3/t12-,13-,14+,16+/m0/s1. The number of hydrogen-bond donors (Lipinski definition) is 0.